The van der Waals surface area contributed by atoms with Gasteiger partial charge in [0.15, 0.2) is 0 Å². The Morgan fingerprint density at radius 2 is 2.17 bits per heavy atom. The minimum Gasteiger partial charge on any atom is -0.477 e. The Labute approximate surface area is 72.2 Å². The van der Waals surface area contributed by atoms with E-state index in [2.05, 4.69) is 0 Å². The van der Waals surface area contributed by atoms with Gasteiger partial charge in [0.25, 0.3) is 5.79 Å². The van der Waals surface area contributed by atoms with Crippen LogP contribution in [0.15, 0.2) is 0 Å². The Morgan fingerprint density at radius 3 is 2.50 bits per heavy atom. The van der Waals surface area contributed by atoms with Gasteiger partial charge >= 0.3 is 5.97 Å². The highest BCUT2D eigenvalue weighted by atomic mass is 16.6. The third-order valence-corrected chi connectivity index (χ3v) is 1.74. The van der Waals surface area contributed by atoms with Crippen LogP contribution < -0.4 is 0 Å². The minimum absolute atomic E-state index is 0.260. The number of carboxylic acid groups (broad SMARTS) is 1. The lowest BCUT2D eigenvalue weighted by atomic mass is 10.1. The van der Waals surface area contributed by atoms with Crippen molar-refractivity contribution in [2.24, 2.45) is 5.92 Å². The summed E-state index contributed by atoms with van der Waals surface area (Å²) in [6, 6.07) is 0. The zero-order valence-corrected chi connectivity index (χ0v) is 7.70. The summed E-state index contributed by atoms with van der Waals surface area (Å²) < 4.78 is 4.80. The van der Waals surface area contributed by atoms with Crippen LogP contribution in [0.25, 0.3) is 0 Å². The molecule has 72 valence electrons. The van der Waals surface area contributed by atoms with Crippen LogP contribution >= 0.6 is 0 Å². The lowest BCUT2D eigenvalue weighted by molar-refractivity contribution is -0.219. The molecule has 0 rings (SSSR count). The molecular weight excluding hydrogens is 160 g/mol. The number of hydrogen-bond donors (Lipinski definition) is 2. The average molecular weight is 176 g/mol. The van der Waals surface area contributed by atoms with E-state index in [4.69, 9.17) is 14.9 Å². The summed E-state index contributed by atoms with van der Waals surface area (Å²) in [6.45, 7) is 5.29. The van der Waals surface area contributed by atoms with E-state index in [1.807, 2.05) is 13.8 Å². The molecule has 0 aromatic rings. The zero-order chi connectivity index (χ0) is 9.78. The van der Waals surface area contributed by atoms with Crippen molar-refractivity contribution in [3.8, 4) is 0 Å². The molecule has 2 atom stereocenters. The molecule has 4 nitrogen and oxygen atoms in total. The Kier molecular flexibility index (Phi) is 4.20. The number of hydrogen-bond acceptors (Lipinski definition) is 3. The lowest BCUT2D eigenvalue weighted by Gasteiger charge is -2.20. The molecule has 0 saturated heterocycles. The Hall–Kier alpha value is -0.610. The van der Waals surface area contributed by atoms with Crippen molar-refractivity contribution in [1.82, 2.24) is 0 Å². The first-order valence-electron chi connectivity index (χ1n) is 4.00. The van der Waals surface area contributed by atoms with Crippen molar-refractivity contribution in [1.29, 1.82) is 0 Å². The first kappa shape index (κ1) is 11.4. The third-order valence-electron chi connectivity index (χ3n) is 1.74. The van der Waals surface area contributed by atoms with Crippen LogP contribution in [-0.4, -0.2) is 28.6 Å². The van der Waals surface area contributed by atoms with E-state index in [9.17, 15) is 4.79 Å². The lowest BCUT2D eigenvalue weighted by Crippen LogP contribution is -2.39. The second kappa shape index (κ2) is 4.42. The predicted molar refractivity (Wildman–Crippen MR) is 43.7 cm³/mol. The van der Waals surface area contributed by atoms with Crippen LogP contribution in [-0.2, 0) is 9.53 Å². The van der Waals surface area contributed by atoms with Gasteiger partial charge < -0.3 is 14.9 Å². The van der Waals surface area contributed by atoms with Crippen molar-refractivity contribution in [2.75, 3.05) is 6.61 Å². The van der Waals surface area contributed by atoms with E-state index in [-0.39, 0.29) is 12.5 Å². The fourth-order valence-electron chi connectivity index (χ4n) is 0.484. The second-order valence-electron chi connectivity index (χ2n) is 3.11. The largest absolute Gasteiger partial charge is 0.477 e. The van der Waals surface area contributed by atoms with Crippen molar-refractivity contribution in [3.63, 3.8) is 0 Å². The van der Waals surface area contributed by atoms with E-state index in [0.29, 0.717) is 0 Å². The molecule has 0 saturated carbocycles. The number of aliphatic carboxylic acids is 1. The van der Waals surface area contributed by atoms with Gasteiger partial charge in [-0.05, 0) is 5.92 Å². The maximum Gasteiger partial charge on any atom is 0.363 e. The van der Waals surface area contributed by atoms with Gasteiger partial charge in [-0.25, -0.2) is 4.79 Å². The first-order chi connectivity index (χ1) is 5.40. The number of carbonyl (C=O) groups is 1. The molecule has 0 aliphatic rings. The second-order valence-corrected chi connectivity index (χ2v) is 3.11. The molecule has 0 heterocycles. The highest BCUT2D eigenvalue weighted by Crippen LogP contribution is 2.10. The van der Waals surface area contributed by atoms with E-state index in [1.165, 1.54) is 0 Å². The van der Waals surface area contributed by atoms with Crippen LogP contribution in [0.4, 0.5) is 0 Å². The third kappa shape index (κ3) is 3.69. The minimum atomic E-state index is -2.05. The van der Waals surface area contributed by atoms with Gasteiger partial charge in [0.1, 0.15) is 0 Å². The summed E-state index contributed by atoms with van der Waals surface area (Å²) in [4.78, 5) is 10.3. The molecule has 0 bridgehead atoms. The number of carboxylic acids is 1. The van der Waals surface area contributed by atoms with E-state index >= 15 is 0 Å². The standard InChI is InChI=1S/C8H16O4/c1-4-6(2)5-12-8(3,11)7(9)10/h6,11H,4-5H2,1-3H3,(H,9,10)/t6-,8?/m0/s1. The Balaban J connectivity index is 3.83. The van der Waals surface area contributed by atoms with Crippen LogP contribution in [0, 0.1) is 5.92 Å². The monoisotopic (exact) mass is 176 g/mol. The molecule has 0 aromatic heterocycles. The Bertz CT molecular complexity index is 153. The maximum absolute atomic E-state index is 10.3. The molecule has 0 radical (unpaired) electrons. The quantitative estimate of drug-likeness (QED) is 0.609. The maximum atomic E-state index is 10.3. The summed E-state index contributed by atoms with van der Waals surface area (Å²) >= 11 is 0. The predicted octanol–water partition coefficient (Wildman–Crippen LogP) is 0.842. The summed E-state index contributed by atoms with van der Waals surface area (Å²) in [5.74, 6) is -3.15. The molecule has 2 N–H and O–H groups in total. The molecule has 0 amide bonds. The topological polar surface area (TPSA) is 66.8 Å². The van der Waals surface area contributed by atoms with Gasteiger partial charge in [0.05, 0.1) is 6.61 Å². The van der Waals surface area contributed by atoms with Crippen molar-refractivity contribution < 1.29 is 19.7 Å². The van der Waals surface area contributed by atoms with Crippen LogP contribution in [0.5, 0.6) is 0 Å². The van der Waals surface area contributed by atoms with Crippen molar-refractivity contribution >= 4 is 5.97 Å². The van der Waals surface area contributed by atoms with Gasteiger partial charge in [-0.15, -0.1) is 0 Å². The van der Waals surface area contributed by atoms with E-state index in [1.54, 1.807) is 0 Å². The van der Waals surface area contributed by atoms with Crippen LogP contribution in [0.1, 0.15) is 27.2 Å². The summed E-state index contributed by atoms with van der Waals surface area (Å²) in [5.41, 5.74) is 0. The number of rotatable bonds is 5. The smallest absolute Gasteiger partial charge is 0.363 e. The van der Waals surface area contributed by atoms with Crippen molar-refractivity contribution in [2.45, 2.75) is 33.0 Å². The van der Waals surface area contributed by atoms with Crippen LogP contribution in [0.2, 0.25) is 0 Å². The van der Waals surface area contributed by atoms with Crippen molar-refractivity contribution in [3.05, 3.63) is 0 Å². The molecule has 12 heavy (non-hydrogen) atoms. The molecule has 1 unspecified atom stereocenters. The molecular formula is C8H16O4. The molecule has 0 fully saturated rings. The van der Waals surface area contributed by atoms with Gasteiger partial charge in [-0.1, -0.05) is 20.3 Å². The molecule has 4 heteroatoms. The van der Waals surface area contributed by atoms with Gasteiger partial charge in [-0.2, -0.15) is 0 Å². The first-order valence-corrected chi connectivity index (χ1v) is 4.00. The highest BCUT2D eigenvalue weighted by molar-refractivity contribution is 5.74. The summed E-state index contributed by atoms with van der Waals surface area (Å²) in [5, 5.41) is 17.6. The normalized spacial score (nSPS) is 18.3. The zero-order valence-electron chi connectivity index (χ0n) is 7.70. The SMILES string of the molecule is CC[C@H](C)COC(C)(O)C(=O)O. The molecule has 0 aliphatic heterocycles. The van der Waals surface area contributed by atoms with Gasteiger partial charge in [-0.3, -0.25) is 0 Å². The van der Waals surface area contributed by atoms with E-state index < -0.39 is 11.8 Å². The summed E-state index contributed by atoms with van der Waals surface area (Å²) in [7, 11) is 0. The average Bonchev–Trinajstić information content (AvgIpc) is 2.00. The fourth-order valence-corrected chi connectivity index (χ4v) is 0.484. The molecule has 0 spiro atoms. The number of aliphatic hydroxyl groups is 1. The number of ether oxygens (including phenoxy) is 1. The molecule has 0 aromatic carbocycles. The van der Waals surface area contributed by atoms with Crippen LogP contribution in [0.3, 0.4) is 0 Å². The van der Waals surface area contributed by atoms with Gasteiger partial charge in [0.2, 0.25) is 0 Å². The summed E-state index contributed by atoms with van der Waals surface area (Å²) in [6.07, 6.45) is 0.899. The fraction of sp³-hybridized carbons (Fsp3) is 0.875. The van der Waals surface area contributed by atoms with Gasteiger partial charge in [0, 0.05) is 6.92 Å². The molecule has 0 aliphatic carbocycles. The Morgan fingerprint density at radius 1 is 1.67 bits per heavy atom. The van der Waals surface area contributed by atoms with E-state index in [0.717, 1.165) is 13.3 Å². The highest BCUT2D eigenvalue weighted by Gasteiger charge is 2.31.